The van der Waals surface area contributed by atoms with Crippen LogP contribution in [0.15, 0.2) is 59.9 Å². The van der Waals surface area contributed by atoms with Crippen molar-refractivity contribution in [3.8, 4) is 11.5 Å². The number of nitrogens with one attached hydrogen (secondary N) is 1. The molecule has 1 aromatic heterocycles. The molecule has 1 N–H and O–H groups in total. The van der Waals surface area contributed by atoms with Crippen molar-refractivity contribution in [2.24, 2.45) is 4.99 Å². The van der Waals surface area contributed by atoms with Crippen molar-refractivity contribution in [3.63, 3.8) is 0 Å². The monoisotopic (exact) mass is 441 g/mol. The Morgan fingerprint density at radius 1 is 1.06 bits per heavy atom. The maximum Gasteiger partial charge on any atom is 0.166 e. The number of methoxy groups -OCH3 is 1. The summed E-state index contributed by atoms with van der Waals surface area (Å²) in [5.41, 5.74) is 7.57. The van der Waals surface area contributed by atoms with Crippen LogP contribution in [0.2, 0.25) is 0 Å². The smallest absolute Gasteiger partial charge is 0.166 e. The van der Waals surface area contributed by atoms with Crippen LogP contribution in [0.3, 0.4) is 0 Å². The summed E-state index contributed by atoms with van der Waals surface area (Å²) in [6.07, 6.45) is 5.39. The molecule has 3 heterocycles. The SMILES string of the molecule is COc1cc2c(c3c1OC(C)(C)C3)C(c1cccc(NCc3cccnc3)c1)=NC(C)(C)C2. The van der Waals surface area contributed by atoms with Crippen LogP contribution in [-0.2, 0) is 19.4 Å². The Bertz CT molecular complexity index is 1230. The predicted molar refractivity (Wildman–Crippen MR) is 133 cm³/mol. The van der Waals surface area contributed by atoms with Crippen molar-refractivity contribution in [1.29, 1.82) is 0 Å². The van der Waals surface area contributed by atoms with E-state index in [4.69, 9.17) is 14.5 Å². The molecule has 33 heavy (non-hydrogen) atoms. The highest BCUT2D eigenvalue weighted by Gasteiger charge is 2.39. The second-order valence-corrected chi connectivity index (χ2v) is 10.2. The number of hydrogen-bond acceptors (Lipinski definition) is 5. The van der Waals surface area contributed by atoms with Crippen LogP contribution in [0.1, 0.15) is 55.5 Å². The Kier molecular flexibility index (Phi) is 5.15. The van der Waals surface area contributed by atoms with E-state index < -0.39 is 0 Å². The number of rotatable bonds is 5. The summed E-state index contributed by atoms with van der Waals surface area (Å²) in [6, 6.07) is 14.7. The van der Waals surface area contributed by atoms with Gasteiger partial charge >= 0.3 is 0 Å². The Morgan fingerprint density at radius 3 is 2.67 bits per heavy atom. The van der Waals surface area contributed by atoms with E-state index in [-0.39, 0.29) is 11.1 Å². The van der Waals surface area contributed by atoms with Gasteiger partial charge in [0, 0.05) is 47.7 Å². The van der Waals surface area contributed by atoms with Crippen LogP contribution in [-0.4, -0.2) is 28.9 Å². The fraction of sp³-hybridized carbons (Fsp3) is 0.357. The highest BCUT2D eigenvalue weighted by Crippen LogP contribution is 2.47. The van der Waals surface area contributed by atoms with Crippen molar-refractivity contribution >= 4 is 11.4 Å². The van der Waals surface area contributed by atoms with Gasteiger partial charge in [0.2, 0.25) is 0 Å². The quantitative estimate of drug-likeness (QED) is 0.561. The zero-order valence-corrected chi connectivity index (χ0v) is 20.0. The molecule has 0 spiro atoms. The highest BCUT2D eigenvalue weighted by atomic mass is 16.5. The van der Waals surface area contributed by atoms with Crippen LogP contribution in [0.5, 0.6) is 11.5 Å². The maximum absolute atomic E-state index is 6.33. The number of hydrogen-bond donors (Lipinski definition) is 1. The number of aliphatic imine (C=N–C) groups is 1. The summed E-state index contributed by atoms with van der Waals surface area (Å²) in [7, 11) is 1.72. The first-order valence-corrected chi connectivity index (χ1v) is 11.5. The molecule has 0 amide bonds. The first-order chi connectivity index (χ1) is 15.7. The van der Waals surface area contributed by atoms with Gasteiger partial charge in [0.05, 0.1) is 18.4 Å². The summed E-state index contributed by atoms with van der Waals surface area (Å²) < 4.78 is 12.1. The number of benzene rings is 2. The zero-order valence-electron chi connectivity index (χ0n) is 20.0. The van der Waals surface area contributed by atoms with Crippen molar-refractivity contribution in [3.05, 3.63) is 82.7 Å². The molecular formula is C28H31N3O2. The summed E-state index contributed by atoms with van der Waals surface area (Å²) in [5, 5.41) is 3.53. The van der Waals surface area contributed by atoms with Gasteiger partial charge in [0.1, 0.15) is 5.60 Å². The van der Waals surface area contributed by atoms with E-state index in [1.165, 1.54) is 16.7 Å². The van der Waals surface area contributed by atoms with Crippen LogP contribution < -0.4 is 14.8 Å². The Balaban J connectivity index is 1.57. The molecule has 0 unspecified atom stereocenters. The molecule has 0 radical (unpaired) electrons. The van der Waals surface area contributed by atoms with Crippen molar-refractivity contribution in [2.45, 2.75) is 58.2 Å². The lowest BCUT2D eigenvalue weighted by Crippen LogP contribution is -2.30. The van der Waals surface area contributed by atoms with Crippen molar-refractivity contribution < 1.29 is 9.47 Å². The van der Waals surface area contributed by atoms with Gasteiger partial charge in [-0.2, -0.15) is 0 Å². The highest BCUT2D eigenvalue weighted by molar-refractivity contribution is 6.16. The van der Waals surface area contributed by atoms with Gasteiger partial charge in [0.25, 0.3) is 0 Å². The van der Waals surface area contributed by atoms with E-state index in [0.717, 1.165) is 53.4 Å². The topological polar surface area (TPSA) is 55.7 Å². The first kappa shape index (κ1) is 21.5. The van der Waals surface area contributed by atoms with Gasteiger partial charge in [-0.05, 0) is 69.5 Å². The maximum atomic E-state index is 6.33. The molecule has 5 nitrogen and oxygen atoms in total. The summed E-state index contributed by atoms with van der Waals surface area (Å²) in [5.74, 6) is 1.68. The molecule has 5 heteroatoms. The van der Waals surface area contributed by atoms with Gasteiger partial charge < -0.3 is 14.8 Å². The Labute approximate surface area is 195 Å². The van der Waals surface area contributed by atoms with Crippen molar-refractivity contribution in [2.75, 3.05) is 12.4 Å². The second kappa shape index (κ2) is 7.91. The molecule has 3 aromatic rings. The van der Waals surface area contributed by atoms with E-state index in [1.54, 1.807) is 13.3 Å². The molecule has 0 fully saturated rings. The van der Waals surface area contributed by atoms with Gasteiger partial charge in [-0.3, -0.25) is 9.98 Å². The third kappa shape index (κ3) is 4.20. The largest absolute Gasteiger partial charge is 0.493 e. The molecular weight excluding hydrogens is 410 g/mol. The summed E-state index contributed by atoms with van der Waals surface area (Å²) in [6.45, 7) is 9.37. The second-order valence-electron chi connectivity index (χ2n) is 10.2. The minimum Gasteiger partial charge on any atom is -0.493 e. The van der Waals surface area contributed by atoms with Crippen LogP contribution in [0.4, 0.5) is 5.69 Å². The average molecular weight is 442 g/mol. The third-order valence-electron chi connectivity index (χ3n) is 6.26. The molecule has 0 atom stereocenters. The minimum atomic E-state index is -0.268. The number of ether oxygens (including phenoxy) is 2. The molecule has 0 saturated heterocycles. The van der Waals surface area contributed by atoms with Gasteiger partial charge in [0.15, 0.2) is 11.5 Å². The molecule has 170 valence electrons. The lowest BCUT2D eigenvalue weighted by molar-refractivity contribution is 0.134. The molecule has 0 saturated carbocycles. The molecule has 0 aliphatic carbocycles. The molecule has 5 rings (SSSR count). The average Bonchev–Trinajstić information content (AvgIpc) is 3.11. The fourth-order valence-electron chi connectivity index (χ4n) is 4.91. The lowest BCUT2D eigenvalue weighted by atomic mass is 9.81. The lowest BCUT2D eigenvalue weighted by Gasteiger charge is -2.31. The molecule has 2 aliphatic rings. The van der Waals surface area contributed by atoms with E-state index in [9.17, 15) is 0 Å². The molecule has 2 aliphatic heterocycles. The number of anilines is 1. The summed E-state index contributed by atoms with van der Waals surface area (Å²) in [4.78, 5) is 9.46. The van der Waals surface area contributed by atoms with E-state index >= 15 is 0 Å². The number of pyridine rings is 1. The number of fused-ring (bicyclic) bond motifs is 3. The predicted octanol–water partition coefficient (Wildman–Crippen LogP) is 5.59. The van der Waals surface area contributed by atoms with E-state index in [0.29, 0.717) is 0 Å². The number of nitrogens with zero attached hydrogens (tertiary/aromatic N) is 2. The standard InChI is InChI=1S/C28H31N3O2/c1-27(2)14-20-13-23(32-5)26-22(15-28(3,4)33-26)24(20)25(31-27)19-9-6-10-21(12-19)30-17-18-8-7-11-29-16-18/h6-13,16,30H,14-15,17H2,1-5H3. The summed E-state index contributed by atoms with van der Waals surface area (Å²) >= 11 is 0. The fourth-order valence-corrected chi connectivity index (χ4v) is 4.91. The van der Waals surface area contributed by atoms with Crippen LogP contribution >= 0.6 is 0 Å². The number of aromatic nitrogens is 1. The van der Waals surface area contributed by atoms with Crippen LogP contribution in [0.25, 0.3) is 0 Å². The zero-order chi connectivity index (χ0) is 23.2. The van der Waals surface area contributed by atoms with Crippen LogP contribution in [0, 0.1) is 0 Å². The Hall–Kier alpha value is -3.34. The minimum absolute atomic E-state index is 0.199. The molecule has 2 aromatic carbocycles. The van der Waals surface area contributed by atoms with Crippen molar-refractivity contribution in [1.82, 2.24) is 4.98 Å². The molecule has 0 bridgehead atoms. The normalized spacial score (nSPS) is 17.4. The van der Waals surface area contributed by atoms with Gasteiger partial charge in [-0.25, -0.2) is 0 Å². The van der Waals surface area contributed by atoms with E-state index in [1.807, 2.05) is 12.3 Å². The van der Waals surface area contributed by atoms with E-state index in [2.05, 4.69) is 74.4 Å². The first-order valence-electron chi connectivity index (χ1n) is 11.5. The van der Waals surface area contributed by atoms with Gasteiger partial charge in [-0.15, -0.1) is 0 Å². The third-order valence-corrected chi connectivity index (χ3v) is 6.26. The van der Waals surface area contributed by atoms with Gasteiger partial charge in [-0.1, -0.05) is 18.2 Å². The Morgan fingerprint density at radius 2 is 1.91 bits per heavy atom.